The monoisotopic (exact) mass is 352 g/mol. The number of nitrogens with zero attached hydrogens (tertiary/aromatic N) is 1. The van der Waals surface area contributed by atoms with Crippen LogP contribution in [0.4, 0.5) is 5.82 Å². The first kappa shape index (κ1) is 18.6. The minimum atomic E-state index is -0.467. The quantitative estimate of drug-likeness (QED) is 0.860. The Kier molecular flexibility index (Phi) is 5.16. The van der Waals surface area contributed by atoms with Gasteiger partial charge in [0, 0.05) is 18.2 Å². The summed E-state index contributed by atoms with van der Waals surface area (Å²) in [4.78, 5) is 16.5. The van der Waals surface area contributed by atoms with E-state index >= 15 is 0 Å². The van der Waals surface area contributed by atoms with Gasteiger partial charge in [-0.3, -0.25) is 4.79 Å². The summed E-state index contributed by atoms with van der Waals surface area (Å²) in [6.45, 7) is 9.01. The number of anilines is 1. The summed E-state index contributed by atoms with van der Waals surface area (Å²) in [5, 5.41) is 2.85. The summed E-state index contributed by atoms with van der Waals surface area (Å²) in [5.41, 5.74) is 1.40. The third kappa shape index (κ3) is 4.14. The van der Waals surface area contributed by atoms with E-state index in [0.717, 1.165) is 11.0 Å². The number of rotatable bonds is 4. The number of amides is 1. The van der Waals surface area contributed by atoms with Crippen molar-refractivity contribution < 1.29 is 14.1 Å². The lowest BCUT2D eigenvalue weighted by Crippen LogP contribution is -2.58. The fourth-order valence-corrected chi connectivity index (χ4v) is 2.71. The Labute approximate surface area is 155 Å². The predicted octanol–water partition coefficient (Wildman–Crippen LogP) is 2.81. The van der Waals surface area contributed by atoms with Crippen molar-refractivity contribution in [1.29, 1.82) is 0 Å². The summed E-state index contributed by atoms with van der Waals surface area (Å²) in [5.74, 6) is 0.395. The van der Waals surface area contributed by atoms with Gasteiger partial charge in [-0.25, -0.2) is 4.98 Å². The molecule has 2 aromatic rings. The van der Waals surface area contributed by atoms with Crippen molar-refractivity contribution in [1.82, 2.24) is 4.98 Å². The van der Waals surface area contributed by atoms with Crippen LogP contribution in [0, 0.1) is 5.41 Å². The Hall–Kier alpha value is -2.18. The summed E-state index contributed by atoms with van der Waals surface area (Å²) < 4.78 is 12.1. The van der Waals surface area contributed by atoms with Crippen molar-refractivity contribution >= 4 is 24.3 Å². The van der Waals surface area contributed by atoms with Crippen molar-refractivity contribution in [3.8, 4) is 0 Å². The second-order valence-electron chi connectivity index (χ2n) is 7.84. The molecular weight excluding hydrogens is 327 g/mol. The van der Waals surface area contributed by atoms with E-state index in [1.165, 1.54) is 0 Å². The van der Waals surface area contributed by atoms with E-state index in [9.17, 15) is 4.79 Å². The van der Waals surface area contributed by atoms with Crippen molar-refractivity contribution in [3.63, 3.8) is 0 Å². The van der Waals surface area contributed by atoms with Crippen LogP contribution in [0.5, 0.6) is 0 Å². The molecule has 0 unspecified atom stereocenters. The maximum Gasteiger partial charge on any atom is 0.494 e. The SMILES string of the molecule is CC1(C)COB(c2ccnc(NC(=O)Cc3ccccc3)c2)OC1(C)C. The van der Waals surface area contributed by atoms with Gasteiger partial charge in [0.2, 0.25) is 5.91 Å². The van der Waals surface area contributed by atoms with Gasteiger partial charge in [0.05, 0.1) is 12.0 Å². The molecule has 26 heavy (non-hydrogen) atoms. The molecule has 1 aliphatic heterocycles. The Morgan fingerprint density at radius 2 is 1.92 bits per heavy atom. The van der Waals surface area contributed by atoms with Gasteiger partial charge in [0.1, 0.15) is 5.82 Å². The van der Waals surface area contributed by atoms with Crippen LogP contribution in [0.3, 0.4) is 0 Å². The van der Waals surface area contributed by atoms with E-state index < -0.39 is 7.12 Å². The molecule has 0 bridgehead atoms. The molecule has 1 aromatic carbocycles. The van der Waals surface area contributed by atoms with Gasteiger partial charge < -0.3 is 14.6 Å². The number of carbonyl (C=O) groups is 1. The highest BCUT2D eigenvalue weighted by Crippen LogP contribution is 2.38. The van der Waals surface area contributed by atoms with E-state index in [-0.39, 0.29) is 16.9 Å². The Morgan fingerprint density at radius 1 is 1.19 bits per heavy atom. The third-order valence-electron chi connectivity index (χ3n) is 5.16. The second kappa shape index (κ2) is 7.21. The number of carbonyl (C=O) groups excluding carboxylic acids is 1. The molecule has 1 aromatic heterocycles. The molecule has 0 aliphatic carbocycles. The maximum atomic E-state index is 12.2. The molecule has 2 heterocycles. The molecule has 1 aliphatic rings. The van der Waals surface area contributed by atoms with Gasteiger partial charge in [-0.05, 0) is 37.0 Å². The number of hydrogen-bond acceptors (Lipinski definition) is 4. The maximum absolute atomic E-state index is 12.2. The van der Waals surface area contributed by atoms with Gasteiger partial charge in [0.15, 0.2) is 0 Å². The molecule has 1 N–H and O–H groups in total. The van der Waals surface area contributed by atoms with Gasteiger partial charge in [0.25, 0.3) is 0 Å². The number of benzene rings is 1. The minimum absolute atomic E-state index is 0.0801. The Balaban J connectivity index is 1.68. The summed E-state index contributed by atoms with van der Waals surface area (Å²) in [6, 6.07) is 13.3. The second-order valence-corrected chi connectivity index (χ2v) is 7.84. The molecule has 6 heteroatoms. The molecule has 5 nitrogen and oxygen atoms in total. The van der Waals surface area contributed by atoms with Crippen LogP contribution in [-0.4, -0.2) is 30.2 Å². The van der Waals surface area contributed by atoms with E-state index in [1.807, 2.05) is 42.5 Å². The molecule has 136 valence electrons. The number of aromatic nitrogens is 1. The van der Waals surface area contributed by atoms with Crippen molar-refractivity contribution in [3.05, 3.63) is 54.2 Å². The zero-order chi connectivity index (χ0) is 18.8. The number of pyridine rings is 1. The normalized spacial score (nSPS) is 18.4. The highest BCUT2D eigenvalue weighted by Gasteiger charge is 2.46. The van der Waals surface area contributed by atoms with E-state index in [2.05, 4.69) is 38.0 Å². The summed E-state index contributed by atoms with van der Waals surface area (Å²) in [6.07, 6.45) is 1.97. The molecule has 0 atom stereocenters. The third-order valence-corrected chi connectivity index (χ3v) is 5.16. The van der Waals surface area contributed by atoms with Crippen LogP contribution >= 0.6 is 0 Å². The lowest BCUT2D eigenvalue weighted by molar-refractivity contribution is -0.115. The number of nitrogens with one attached hydrogen (secondary N) is 1. The summed E-state index contributed by atoms with van der Waals surface area (Å²) >= 11 is 0. The Morgan fingerprint density at radius 3 is 2.62 bits per heavy atom. The fourth-order valence-electron chi connectivity index (χ4n) is 2.71. The number of hydrogen-bond donors (Lipinski definition) is 1. The van der Waals surface area contributed by atoms with Crippen LogP contribution in [0.15, 0.2) is 48.7 Å². The molecule has 0 spiro atoms. The zero-order valence-corrected chi connectivity index (χ0v) is 15.8. The van der Waals surface area contributed by atoms with Crippen LogP contribution in [0.2, 0.25) is 0 Å². The molecule has 0 saturated carbocycles. The van der Waals surface area contributed by atoms with Crippen LogP contribution < -0.4 is 10.8 Å². The van der Waals surface area contributed by atoms with E-state index in [0.29, 0.717) is 18.8 Å². The van der Waals surface area contributed by atoms with E-state index in [4.69, 9.17) is 9.31 Å². The predicted molar refractivity (Wildman–Crippen MR) is 103 cm³/mol. The van der Waals surface area contributed by atoms with Gasteiger partial charge >= 0.3 is 7.12 Å². The smallest absolute Gasteiger partial charge is 0.407 e. The van der Waals surface area contributed by atoms with Crippen molar-refractivity contribution in [2.24, 2.45) is 5.41 Å². The highest BCUT2D eigenvalue weighted by molar-refractivity contribution is 6.61. The first-order valence-corrected chi connectivity index (χ1v) is 8.86. The molecule has 3 rings (SSSR count). The fraction of sp³-hybridized carbons (Fsp3) is 0.400. The van der Waals surface area contributed by atoms with E-state index in [1.54, 1.807) is 6.20 Å². The lowest BCUT2D eigenvalue weighted by atomic mass is 9.69. The first-order valence-electron chi connectivity index (χ1n) is 8.86. The molecule has 0 radical (unpaired) electrons. The summed E-state index contributed by atoms with van der Waals surface area (Å²) in [7, 11) is -0.467. The van der Waals surface area contributed by atoms with Crippen LogP contribution in [-0.2, 0) is 20.5 Å². The van der Waals surface area contributed by atoms with Gasteiger partial charge in [-0.15, -0.1) is 0 Å². The average Bonchev–Trinajstić information content (AvgIpc) is 2.58. The van der Waals surface area contributed by atoms with Crippen LogP contribution in [0.25, 0.3) is 0 Å². The van der Waals surface area contributed by atoms with Gasteiger partial charge in [-0.1, -0.05) is 44.2 Å². The van der Waals surface area contributed by atoms with Crippen LogP contribution in [0.1, 0.15) is 33.3 Å². The standard InChI is InChI=1S/C20H25BN2O3/c1-19(2)14-25-21(26-20(19,3)4)16-10-11-22-17(13-16)23-18(24)12-15-8-6-5-7-9-15/h5-11,13H,12,14H2,1-4H3,(H,22,23,24). The molecule has 1 amide bonds. The largest absolute Gasteiger partial charge is 0.494 e. The lowest BCUT2D eigenvalue weighted by Gasteiger charge is -2.47. The van der Waals surface area contributed by atoms with Crippen molar-refractivity contribution in [2.45, 2.75) is 39.7 Å². The first-order chi connectivity index (χ1) is 12.3. The molecule has 1 saturated heterocycles. The minimum Gasteiger partial charge on any atom is -0.407 e. The zero-order valence-electron chi connectivity index (χ0n) is 15.8. The average molecular weight is 352 g/mol. The van der Waals surface area contributed by atoms with Crippen molar-refractivity contribution in [2.75, 3.05) is 11.9 Å². The topological polar surface area (TPSA) is 60.5 Å². The molecule has 1 fully saturated rings. The Bertz CT molecular complexity index is 778. The molecular formula is C20H25BN2O3. The highest BCUT2D eigenvalue weighted by atomic mass is 16.6. The van der Waals surface area contributed by atoms with Gasteiger partial charge in [-0.2, -0.15) is 0 Å².